The zero-order valence-electron chi connectivity index (χ0n) is 12.4. The highest BCUT2D eigenvalue weighted by Crippen LogP contribution is 2.63. The minimum Gasteiger partial charge on any atom is -0.371 e. The van der Waals surface area contributed by atoms with Crippen LogP contribution in [0.2, 0.25) is 0 Å². The minimum atomic E-state index is 0.387. The molecule has 0 amide bonds. The molecule has 106 valence electrons. The van der Waals surface area contributed by atoms with E-state index in [2.05, 4.69) is 54.7 Å². The molecule has 4 rings (SSSR count). The topological polar surface area (TPSA) is 24.9 Å². The number of fused-ring (bicyclic) bond motifs is 3. The molecule has 0 aliphatic heterocycles. The molecule has 0 saturated heterocycles. The molecule has 2 bridgehead atoms. The van der Waals surface area contributed by atoms with Gasteiger partial charge in [0.2, 0.25) is 0 Å². The second-order valence-corrected chi connectivity index (χ2v) is 8.29. The summed E-state index contributed by atoms with van der Waals surface area (Å²) in [7, 11) is 0. The molecule has 1 aromatic heterocycles. The van der Waals surface area contributed by atoms with Crippen molar-refractivity contribution in [2.24, 2.45) is 16.7 Å². The maximum atomic E-state index is 4.57. The average molecular weight is 286 g/mol. The van der Waals surface area contributed by atoms with Crippen molar-refractivity contribution < 1.29 is 0 Å². The number of rotatable bonds is 2. The fourth-order valence-corrected chi connectivity index (χ4v) is 5.58. The smallest absolute Gasteiger partial charge is 0.117 e. The lowest BCUT2D eigenvalue weighted by Gasteiger charge is -2.43. The molecule has 1 heterocycles. The first-order valence-corrected chi connectivity index (χ1v) is 8.39. The zero-order valence-corrected chi connectivity index (χ0v) is 13.3. The molecule has 20 heavy (non-hydrogen) atoms. The molecule has 2 nitrogen and oxygen atoms in total. The lowest BCUT2D eigenvalue weighted by molar-refractivity contribution is 0.156. The summed E-state index contributed by atoms with van der Waals surface area (Å²) in [5, 5.41) is 6.42. The van der Waals surface area contributed by atoms with E-state index in [1.807, 2.05) is 0 Å². The Kier molecular flexibility index (Phi) is 2.51. The number of nitrogens with zero attached hydrogens (tertiary/aromatic N) is 1. The summed E-state index contributed by atoms with van der Waals surface area (Å²) >= 11 is 1.62. The van der Waals surface area contributed by atoms with Crippen LogP contribution in [0, 0.1) is 16.7 Å². The van der Waals surface area contributed by atoms with Crippen LogP contribution in [0.15, 0.2) is 24.3 Å². The first kappa shape index (κ1) is 12.6. The molecule has 1 N–H and O–H groups in total. The third kappa shape index (κ3) is 1.59. The molecule has 3 heteroatoms. The Morgan fingerprint density at radius 2 is 2.05 bits per heavy atom. The second kappa shape index (κ2) is 3.97. The number of hydrogen-bond donors (Lipinski definition) is 1. The number of anilines is 1. The van der Waals surface area contributed by atoms with Crippen molar-refractivity contribution in [3.05, 3.63) is 24.3 Å². The molecule has 2 aromatic rings. The maximum Gasteiger partial charge on any atom is 0.117 e. The number of aromatic nitrogens is 1. The Hall–Kier alpha value is -1.09. The van der Waals surface area contributed by atoms with Crippen molar-refractivity contribution in [2.75, 3.05) is 5.32 Å². The number of benzene rings is 1. The molecule has 2 aliphatic rings. The van der Waals surface area contributed by atoms with Crippen molar-refractivity contribution in [1.29, 1.82) is 0 Å². The predicted octanol–water partition coefficient (Wildman–Crippen LogP) is 4.92. The first-order valence-electron chi connectivity index (χ1n) is 7.62. The van der Waals surface area contributed by atoms with E-state index in [1.165, 1.54) is 29.6 Å². The van der Waals surface area contributed by atoms with Crippen LogP contribution in [0.4, 0.5) is 5.00 Å². The van der Waals surface area contributed by atoms with Gasteiger partial charge in [-0.25, -0.2) is 0 Å². The fourth-order valence-electron chi connectivity index (χ4n) is 4.79. The van der Waals surface area contributed by atoms with Gasteiger partial charge >= 0.3 is 0 Å². The van der Waals surface area contributed by atoms with Crippen LogP contribution in [0.25, 0.3) is 10.9 Å². The van der Waals surface area contributed by atoms with Gasteiger partial charge in [-0.05, 0) is 59.7 Å². The van der Waals surface area contributed by atoms with E-state index in [4.69, 9.17) is 0 Å². The monoisotopic (exact) mass is 286 g/mol. The van der Waals surface area contributed by atoms with Crippen LogP contribution in [-0.2, 0) is 0 Å². The lowest BCUT2D eigenvalue weighted by Crippen LogP contribution is -2.45. The SMILES string of the molecule is CC12CCC(C1)C(C)(C)C2Nc1snc2ccccc12. The van der Waals surface area contributed by atoms with Gasteiger partial charge in [-0.1, -0.05) is 32.9 Å². The Labute approximate surface area is 124 Å². The van der Waals surface area contributed by atoms with E-state index in [0.29, 0.717) is 16.9 Å². The van der Waals surface area contributed by atoms with E-state index in [-0.39, 0.29) is 0 Å². The van der Waals surface area contributed by atoms with Gasteiger partial charge < -0.3 is 5.32 Å². The van der Waals surface area contributed by atoms with E-state index in [1.54, 1.807) is 11.5 Å². The van der Waals surface area contributed by atoms with Crippen LogP contribution in [0.1, 0.15) is 40.0 Å². The molecular weight excluding hydrogens is 264 g/mol. The van der Waals surface area contributed by atoms with Crippen LogP contribution < -0.4 is 5.32 Å². The zero-order chi connectivity index (χ0) is 14.0. The van der Waals surface area contributed by atoms with Crippen LogP contribution in [0.5, 0.6) is 0 Å². The summed E-state index contributed by atoms with van der Waals surface area (Å²) in [6, 6.07) is 9.02. The van der Waals surface area contributed by atoms with Gasteiger partial charge in [0, 0.05) is 11.4 Å². The van der Waals surface area contributed by atoms with E-state index in [9.17, 15) is 0 Å². The lowest BCUT2D eigenvalue weighted by atomic mass is 9.68. The Balaban J connectivity index is 1.72. The van der Waals surface area contributed by atoms with Gasteiger partial charge in [0.15, 0.2) is 0 Å². The van der Waals surface area contributed by atoms with Gasteiger partial charge in [-0.3, -0.25) is 0 Å². The van der Waals surface area contributed by atoms with Gasteiger partial charge in [-0.15, -0.1) is 0 Å². The standard InChI is InChI=1S/C17H22N2S/c1-16(2)11-8-9-17(3,10-11)15(16)18-14-12-6-4-5-7-13(12)19-20-14/h4-7,11,15,18H,8-10H2,1-3H3. The molecule has 3 atom stereocenters. The van der Waals surface area contributed by atoms with E-state index >= 15 is 0 Å². The normalized spacial score (nSPS) is 34.8. The summed E-state index contributed by atoms with van der Waals surface area (Å²) in [5.74, 6) is 0.879. The summed E-state index contributed by atoms with van der Waals surface area (Å²) in [6.07, 6.45) is 4.16. The van der Waals surface area contributed by atoms with Crippen molar-refractivity contribution in [1.82, 2.24) is 4.37 Å². The molecule has 3 unspecified atom stereocenters. The van der Waals surface area contributed by atoms with Gasteiger partial charge in [-0.2, -0.15) is 4.37 Å². The number of nitrogens with one attached hydrogen (secondary N) is 1. The third-order valence-electron chi connectivity index (χ3n) is 5.93. The summed E-state index contributed by atoms with van der Waals surface area (Å²) < 4.78 is 4.57. The highest BCUT2D eigenvalue weighted by molar-refractivity contribution is 7.11. The summed E-state index contributed by atoms with van der Waals surface area (Å²) in [6.45, 7) is 7.37. The average Bonchev–Trinajstić information content (AvgIpc) is 3.04. The molecule has 0 spiro atoms. The predicted molar refractivity (Wildman–Crippen MR) is 86.3 cm³/mol. The molecule has 2 aliphatic carbocycles. The molecular formula is C17H22N2S. The molecule has 2 fully saturated rings. The minimum absolute atomic E-state index is 0.387. The van der Waals surface area contributed by atoms with Gasteiger partial charge in [0.1, 0.15) is 5.00 Å². The summed E-state index contributed by atoms with van der Waals surface area (Å²) in [4.78, 5) is 0. The van der Waals surface area contributed by atoms with Crippen molar-refractivity contribution in [3.63, 3.8) is 0 Å². The summed E-state index contributed by atoms with van der Waals surface area (Å²) in [5.41, 5.74) is 1.96. The second-order valence-electron chi connectivity index (χ2n) is 7.52. The van der Waals surface area contributed by atoms with Gasteiger partial charge in [0.25, 0.3) is 0 Å². The highest BCUT2D eigenvalue weighted by Gasteiger charge is 2.59. The molecule has 0 radical (unpaired) electrons. The first-order chi connectivity index (χ1) is 9.51. The Morgan fingerprint density at radius 3 is 2.80 bits per heavy atom. The van der Waals surface area contributed by atoms with Crippen molar-refractivity contribution in [2.45, 2.75) is 46.1 Å². The van der Waals surface area contributed by atoms with Crippen molar-refractivity contribution >= 4 is 27.4 Å². The third-order valence-corrected chi connectivity index (χ3v) is 6.74. The maximum absolute atomic E-state index is 4.57. The van der Waals surface area contributed by atoms with Crippen LogP contribution in [0.3, 0.4) is 0 Å². The molecule has 2 saturated carbocycles. The van der Waals surface area contributed by atoms with E-state index < -0.39 is 0 Å². The van der Waals surface area contributed by atoms with E-state index in [0.717, 1.165) is 11.4 Å². The quantitative estimate of drug-likeness (QED) is 0.847. The molecule has 1 aromatic carbocycles. The Bertz CT molecular complexity index is 655. The van der Waals surface area contributed by atoms with Crippen LogP contribution >= 0.6 is 11.5 Å². The highest BCUT2D eigenvalue weighted by atomic mass is 32.1. The van der Waals surface area contributed by atoms with Crippen LogP contribution in [-0.4, -0.2) is 10.4 Å². The fraction of sp³-hybridized carbons (Fsp3) is 0.588. The van der Waals surface area contributed by atoms with Crippen molar-refractivity contribution in [3.8, 4) is 0 Å². The Morgan fingerprint density at radius 1 is 1.25 bits per heavy atom. The number of hydrogen-bond acceptors (Lipinski definition) is 3. The van der Waals surface area contributed by atoms with Gasteiger partial charge in [0.05, 0.1) is 5.52 Å². The largest absolute Gasteiger partial charge is 0.371 e.